The van der Waals surface area contributed by atoms with E-state index in [1.54, 1.807) is 15.5 Å². The Morgan fingerprint density at radius 3 is 2.20 bits per heavy atom. The Morgan fingerprint density at radius 2 is 1.57 bits per heavy atom. The van der Waals surface area contributed by atoms with E-state index in [0.717, 1.165) is 52.3 Å². The second-order valence-corrected chi connectivity index (χ2v) is 14.6. The molecule has 2 aromatic heterocycles. The van der Waals surface area contributed by atoms with E-state index in [2.05, 4.69) is 91.9 Å². The van der Waals surface area contributed by atoms with Crippen LogP contribution in [0.25, 0.3) is 33.3 Å². The van der Waals surface area contributed by atoms with Gasteiger partial charge in [0.2, 0.25) is 5.95 Å². The van der Waals surface area contributed by atoms with E-state index in [1.165, 1.54) is 0 Å². The lowest BCUT2D eigenvalue weighted by Gasteiger charge is -2.42. The number of aromatic nitrogens is 3. The number of anilines is 2. The molecule has 1 N–H and O–H groups in total. The molecule has 4 aromatic rings. The van der Waals surface area contributed by atoms with Crippen LogP contribution in [0.4, 0.5) is 16.4 Å². The number of carbonyl (C=O) groups excluding carboxylic acids is 1. The summed E-state index contributed by atoms with van der Waals surface area (Å²) in [5.41, 5.74) is 5.00. The van der Waals surface area contributed by atoms with Crippen LogP contribution in [0.2, 0.25) is 0 Å². The van der Waals surface area contributed by atoms with Gasteiger partial charge in [-0.15, -0.1) is 0 Å². The molecule has 2 aliphatic rings. The number of fused-ring (bicyclic) bond motifs is 2. The molecule has 0 unspecified atom stereocenters. The topological polar surface area (TPSA) is 86.7 Å². The molecule has 2 aromatic carbocycles. The highest BCUT2D eigenvalue weighted by Gasteiger charge is 2.44. The lowest BCUT2D eigenvalue weighted by Crippen LogP contribution is -2.52. The van der Waals surface area contributed by atoms with E-state index in [4.69, 9.17) is 9.72 Å². The highest BCUT2D eigenvalue weighted by Crippen LogP contribution is 2.39. The molecule has 0 bridgehead atoms. The van der Waals surface area contributed by atoms with Gasteiger partial charge in [-0.3, -0.25) is 9.36 Å². The first-order chi connectivity index (χ1) is 20.6. The van der Waals surface area contributed by atoms with E-state index < -0.39 is 5.60 Å². The number of benzene rings is 2. The zero-order valence-corrected chi connectivity index (χ0v) is 27.2. The second-order valence-electron chi connectivity index (χ2n) is 14.6. The fourth-order valence-electron chi connectivity index (χ4n) is 6.74. The van der Waals surface area contributed by atoms with Gasteiger partial charge in [-0.2, -0.15) is 0 Å². The minimum absolute atomic E-state index is 0.0298. The first-order valence-electron chi connectivity index (χ1n) is 15.5. The Kier molecular flexibility index (Phi) is 7.06. The molecule has 0 spiro atoms. The fraction of sp³-hybridized carbons (Fsp3) is 0.457. The molecule has 9 nitrogen and oxygen atoms in total. The number of ether oxygens (including phenoxy) is 1. The smallest absolute Gasteiger partial charge is 0.410 e. The monoisotopic (exact) mass is 596 g/mol. The molecule has 4 heterocycles. The average molecular weight is 597 g/mol. The standard InChI is InChI=1S/C35H44N6O3/c1-33(2,3)41-31-37-29(20-30(42)40(31)22-35(41,7)8)27-21-36-28-14-11-24(19-26(27)28)23-9-12-25(13-10-23)38-15-17-39(18-16-38)32(43)44-34(4,5)6/h9-14,19-21,36H,15-18,22H2,1-8H3. The maximum Gasteiger partial charge on any atom is 0.410 e. The summed E-state index contributed by atoms with van der Waals surface area (Å²) in [4.78, 5) is 40.6. The van der Waals surface area contributed by atoms with Crippen LogP contribution in [-0.2, 0) is 11.3 Å². The van der Waals surface area contributed by atoms with Gasteiger partial charge in [0, 0.05) is 66.1 Å². The van der Waals surface area contributed by atoms with Gasteiger partial charge in [0.15, 0.2) is 0 Å². The summed E-state index contributed by atoms with van der Waals surface area (Å²) in [6.07, 6.45) is 1.71. The first kappa shape index (κ1) is 29.8. The van der Waals surface area contributed by atoms with Crippen molar-refractivity contribution in [1.29, 1.82) is 0 Å². The number of nitrogens with one attached hydrogen (secondary N) is 1. The van der Waals surface area contributed by atoms with Crippen molar-refractivity contribution in [2.45, 2.75) is 78.6 Å². The van der Waals surface area contributed by atoms with Crippen LogP contribution in [0, 0.1) is 0 Å². The molecule has 232 valence electrons. The summed E-state index contributed by atoms with van der Waals surface area (Å²) in [5, 5.41) is 1.03. The average Bonchev–Trinajstić information content (AvgIpc) is 3.49. The third kappa shape index (κ3) is 5.55. The number of rotatable bonds is 3. The Balaban J connectivity index is 1.24. The summed E-state index contributed by atoms with van der Waals surface area (Å²) in [7, 11) is 0. The van der Waals surface area contributed by atoms with Crippen molar-refractivity contribution in [2.75, 3.05) is 36.0 Å². The number of piperazine rings is 1. The lowest BCUT2D eigenvalue weighted by atomic mass is 9.97. The van der Waals surface area contributed by atoms with Crippen LogP contribution in [-0.4, -0.2) is 68.4 Å². The van der Waals surface area contributed by atoms with Gasteiger partial charge in [-0.25, -0.2) is 9.78 Å². The zero-order valence-electron chi connectivity index (χ0n) is 27.2. The Labute approximate surface area is 259 Å². The van der Waals surface area contributed by atoms with Crippen LogP contribution in [0.5, 0.6) is 0 Å². The van der Waals surface area contributed by atoms with E-state index >= 15 is 0 Å². The lowest BCUT2D eigenvalue weighted by molar-refractivity contribution is 0.0240. The van der Waals surface area contributed by atoms with Crippen molar-refractivity contribution >= 4 is 28.6 Å². The summed E-state index contributed by atoms with van der Waals surface area (Å²) < 4.78 is 7.34. The van der Waals surface area contributed by atoms with Crippen molar-refractivity contribution in [3.63, 3.8) is 0 Å². The molecule has 1 fully saturated rings. The van der Waals surface area contributed by atoms with Crippen molar-refractivity contribution in [3.8, 4) is 22.4 Å². The quantitative estimate of drug-likeness (QED) is 0.290. The van der Waals surface area contributed by atoms with Crippen molar-refractivity contribution in [3.05, 3.63) is 65.1 Å². The molecule has 9 heteroatoms. The Bertz CT molecular complexity index is 1760. The van der Waals surface area contributed by atoms with Gasteiger partial charge in [-0.05, 0) is 90.8 Å². The predicted octanol–water partition coefficient (Wildman–Crippen LogP) is 6.51. The molecule has 44 heavy (non-hydrogen) atoms. The van der Waals surface area contributed by atoms with Crippen LogP contribution < -0.4 is 15.4 Å². The molecule has 2 aliphatic heterocycles. The predicted molar refractivity (Wildman–Crippen MR) is 178 cm³/mol. The SMILES string of the molecule is CC(C)(C)OC(=O)N1CCN(c2ccc(-c3ccc4[nH]cc(-c5cc(=O)n6c(n5)N(C(C)(C)C)C(C)(C)C6)c4c3)cc2)CC1. The molecule has 0 atom stereocenters. The second kappa shape index (κ2) is 10.4. The number of H-pyrrole nitrogens is 1. The number of nitrogens with zero attached hydrogens (tertiary/aromatic N) is 5. The van der Waals surface area contributed by atoms with Crippen LogP contribution in [0.3, 0.4) is 0 Å². The van der Waals surface area contributed by atoms with E-state index in [0.29, 0.717) is 25.3 Å². The highest BCUT2D eigenvalue weighted by molar-refractivity contribution is 5.97. The normalized spacial score (nSPS) is 16.9. The molecule has 0 saturated carbocycles. The minimum atomic E-state index is -0.492. The van der Waals surface area contributed by atoms with Crippen LogP contribution in [0.1, 0.15) is 55.4 Å². The summed E-state index contributed by atoms with van der Waals surface area (Å²) >= 11 is 0. The molecular formula is C35H44N6O3. The van der Waals surface area contributed by atoms with E-state index in [-0.39, 0.29) is 22.7 Å². The van der Waals surface area contributed by atoms with E-state index in [1.807, 2.05) is 27.0 Å². The molecule has 0 aliphatic carbocycles. The van der Waals surface area contributed by atoms with Crippen LogP contribution in [0.15, 0.2) is 59.5 Å². The largest absolute Gasteiger partial charge is 0.444 e. The molecular weight excluding hydrogens is 552 g/mol. The fourth-order valence-corrected chi connectivity index (χ4v) is 6.74. The van der Waals surface area contributed by atoms with Crippen molar-refractivity contribution < 1.29 is 9.53 Å². The summed E-state index contributed by atoms with van der Waals surface area (Å²) in [6.45, 7) is 19.9. The molecule has 1 amide bonds. The highest BCUT2D eigenvalue weighted by atomic mass is 16.6. The van der Waals surface area contributed by atoms with Gasteiger partial charge in [0.25, 0.3) is 5.56 Å². The van der Waals surface area contributed by atoms with Gasteiger partial charge >= 0.3 is 6.09 Å². The third-order valence-corrected chi connectivity index (χ3v) is 8.46. The number of carbonyl (C=O) groups is 1. The molecule has 6 rings (SSSR count). The number of amides is 1. The van der Waals surface area contributed by atoms with Gasteiger partial charge in [0.1, 0.15) is 5.60 Å². The van der Waals surface area contributed by atoms with Gasteiger partial charge < -0.3 is 24.4 Å². The maximum absolute atomic E-state index is 13.3. The Hall–Kier alpha value is -4.27. The summed E-state index contributed by atoms with van der Waals surface area (Å²) in [5.74, 6) is 0.720. The van der Waals surface area contributed by atoms with Crippen molar-refractivity contribution in [1.82, 2.24) is 19.4 Å². The van der Waals surface area contributed by atoms with Crippen molar-refractivity contribution in [2.24, 2.45) is 0 Å². The van der Waals surface area contributed by atoms with E-state index in [9.17, 15) is 9.59 Å². The third-order valence-electron chi connectivity index (χ3n) is 8.46. The number of hydrogen-bond acceptors (Lipinski definition) is 6. The Morgan fingerprint density at radius 1 is 0.909 bits per heavy atom. The maximum atomic E-state index is 13.3. The minimum Gasteiger partial charge on any atom is -0.444 e. The molecule has 0 radical (unpaired) electrons. The van der Waals surface area contributed by atoms with Gasteiger partial charge in [0.05, 0.1) is 17.8 Å². The number of hydrogen-bond donors (Lipinski definition) is 1. The molecule has 1 saturated heterocycles. The van der Waals surface area contributed by atoms with Crippen LogP contribution >= 0.6 is 0 Å². The first-order valence-corrected chi connectivity index (χ1v) is 15.5. The summed E-state index contributed by atoms with van der Waals surface area (Å²) in [6, 6.07) is 16.6. The zero-order chi connectivity index (χ0) is 31.6. The number of aromatic amines is 1. The van der Waals surface area contributed by atoms with Gasteiger partial charge in [-0.1, -0.05) is 18.2 Å².